The number of carboxylic acid groups (broad SMARTS) is 1. The predicted molar refractivity (Wildman–Crippen MR) is 177 cm³/mol. The summed E-state index contributed by atoms with van der Waals surface area (Å²) < 4.78 is 3.80. The molecule has 0 saturated heterocycles. The summed E-state index contributed by atoms with van der Waals surface area (Å²) in [5.74, 6) is -0.821. The molecule has 0 unspecified atom stereocenters. The van der Waals surface area contributed by atoms with E-state index < -0.39 is 5.97 Å². The van der Waals surface area contributed by atoms with Crippen LogP contribution >= 0.6 is 0 Å². The molecule has 6 nitrogen and oxygen atoms in total. The first-order valence-corrected chi connectivity index (χ1v) is 15.1. The lowest BCUT2D eigenvalue weighted by atomic mass is 10.1. The lowest BCUT2D eigenvalue weighted by Gasteiger charge is -2.30. The summed E-state index contributed by atoms with van der Waals surface area (Å²) in [5, 5.41) is 8.95. The summed E-state index contributed by atoms with van der Waals surface area (Å²) >= 11 is 0. The van der Waals surface area contributed by atoms with Crippen LogP contribution in [0.25, 0.3) is 11.4 Å². The van der Waals surface area contributed by atoms with Crippen molar-refractivity contribution in [3.63, 3.8) is 0 Å². The van der Waals surface area contributed by atoms with Gasteiger partial charge in [0.05, 0.1) is 22.5 Å². The van der Waals surface area contributed by atoms with Gasteiger partial charge in [-0.05, 0) is 85.0 Å². The maximum atomic E-state index is 14.0. The first kappa shape index (κ1) is 29.5. The van der Waals surface area contributed by atoms with Crippen molar-refractivity contribution >= 4 is 11.9 Å². The molecular weight excluding hydrogens is 558 g/mol. The Bertz CT molecular complexity index is 1880. The number of aryl methyl sites for hydroxylation is 1. The van der Waals surface area contributed by atoms with E-state index in [0.717, 1.165) is 24.1 Å². The minimum atomic E-state index is -0.908. The smallest absolute Gasteiger partial charge is 0.337 e. The lowest BCUT2D eigenvalue weighted by Crippen LogP contribution is -2.40. The number of benzene rings is 4. The minimum Gasteiger partial charge on any atom is -0.478 e. The van der Waals surface area contributed by atoms with Gasteiger partial charge in [-0.25, -0.2) is 4.79 Å². The van der Waals surface area contributed by atoms with E-state index >= 15 is 0 Å². The summed E-state index contributed by atoms with van der Waals surface area (Å²) in [5.41, 5.74) is 7.75. The molecule has 0 aliphatic heterocycles. The highest BCUT2D eigenvalue weighted by Gasteiger charge is 2.31. The molecule has 224 valence electrons. The highest BCUT2D eigenvalue weighted by molar-refractivity contribution is 5.98. The van der Waals surface area contributed by atoms with Crippen LogP contribution in [0.2, 0.25) is 0 Å². The predicted octanol–water partition coefficient (Wildman–Crippen LogP) is 7.77. The maximum Gasteiger partial charge on any atom is 0.337 e. The zero-order valence-corrected chi connectivity index (χ0v) is 25.2. The summed E-state index contributed by atoms with van der Waals surface area (Å²) in [6, 6.07) is 39.7. The third kappa shape index (κ3) is 6.65. The maximum absolute atomic E-state index is 14.0. The zero-order valence-electron chi connectivity index (χ0n) is 25.2. The first-order chi connectivity index (χ1) is 22.0. The molecule has 0 bridgehead atoms. The van der Waals surface area contributed by atoms with E-state index in [1.165, 1.54) is 22.3 Å². The number of carboxylic acids is 1. The monoisotopic (exact) mass is 593 g/mol. The van der Waals surface area contributed by atoms with E-state index in [-0.39, 0.29) is 11.9 Å². The van der Waals surface area contributed by atoms with Gasteiger partial charge in [0, 0.05) is 37.4 Å². The Hall–Kier alpha value is -5.62. The third-order valence-corrected chi connectivity index (χ3v) is 8.20. The number of aromatic nitrogens is 2. The topological polar surface area (TPSA) is 67.5 Å². The number of para-hydroxylation sites is 2. The van der Waals surface area contributed by atoms with Crippen LogP contribution in [0, 0.1) is 6.92 Å². The Balaban J connectivity index is 0.000000213. The van der Waals surface area contributed by atoms with E-state index in [1.807, 2.05) is 84.0 Å². The molecule has 6 aromatic rings. The molecule has 7 rings (SSSR count). The highest BCUT2D eigenvalue weighted by atomic mass is 16.4. The summed E-state index contributed by atoms with van der Waals surface area (Å²) in [6.07, 6.45) is 9.42. The fourth-order valence-corrected chi connectivity index (χ4v) is 6.03. The van der Waals surface area contributed by atoms with Crippen molar-refractivity contribution in [2.24, 2.45) is 0 Å². The Labute approximate surface area is 263 Å². The largest absolute Gasteiger partial charge is 0.478 e. The molecule has 1 amide bonds. The molecule has 0 fully saturated rings. The van der Waals surface area contributed by atoms with Gasteiger partial charge in [0.25, 0.3) is 5.91 Å². The zero-order chi connectivity index (χ0) is 31.2. The van der Waals surface area contributed by atoms with Crippen LogP contribution in [0.1, 0.15) is 43.0 Å². The average molecular weight is 594 g/mol. The van der Waals surface area contributed by atoms with Gasteiger partial charge in [-0.15, -0.1) is 0 Å². The number of carbonyl (C=O) groups excluding carboxylic acids is 1. The van der Waals surface area contributed by atoms with E-state index in [1.54, 1.807) is 22.8 Å². The van der Waals surface area contributed by atoms with Gasteiger partial charge in [-0.2, -0.15) is 0 Å². The van der Waals surface area contributed by atoms with Gasteiger partial charge in [0.15, 0.2) is 0 Å². The number of rotatable bonds is 7. The Kier molecular flexibility index (Phi) is 8.74. The molecule has 0 spiro atoms. The van der Waals surface area contributed by atoms with Crippen LogP contribution in [0.15, 0.2) is 146 Å². The molecule has 1 aliphatic rings. The first-order valence-electron chi connectivity index (χ1n) is 15.1. The molecule has 0 radical (unpaired) electrons. The molecule has 4 aromatic carbocycles. The second kappa shape index (κ2) is 13.3. The van der Waals surface area contributed by atoms with Crippen molar-refractivity contribution in [1.82, 2.24) is 14.0 Å². The van der Waals surface area contributed by atoms with E-state index in [9.17, 15) is 9.59 Å². The number of hydrogen-bond acceptors (Lipinski definition) is 2. The molecule has 1 aliphatic carbocycles. The quantitative estimate of drug-likeness (QED) is 0.206. The van der Waals surface area contributed by atoms with Crippen LogP contribution in [0.3, 0.4) is 0 Å². The standard InChI is InChI=1S/C28H26N2O.C11H9NO2/c1-21-9-8-10-22(17-21)20-30(25-18-23-11-2-3-12-24(23)19-25)28(31)26-13-4-5-14-27(26)29-15-6-7-16-29;13-11(14)9-5-1-2-6-10(9)12-7-3-4-8-12/h2-17,25H,18-20H2,1H3;1-8H,(H,13,14). The van der Waals surface area contributed by atoms with E-state index in [4.69, 9.17) is 5.11 Å². The normalized spacial score (nSPS) is 12.2. The second-order valence-corrected chi connectivity index (χ2v) is 11.3. The fraction of sp³-hybridized carbons (Fsp3) is 0.128. The van der Waals surface area contributed by atoms with Gasteiger partial charge >= 0.3 is 5.97 Å². The van der Waals surface area contributed by atoms with Crippen molar-refractivity contribution in [3.8, 4) is 11.4 Å². The lowest BCUT2D eigenvalue weighted by molar-refractivity contribution is 0.0665. The molecule has 0 atom stereocenters. The molecule has 1 N–H and O–H groups in total. The number of carbonyl (C=O) groups is 2. The molecule has 6 heteroatoms. The third-order valence-electron chi connectivity index (χ3n) is 8.20. The number of hydrogen-bond donors (Lipinski definition) is 1. The highest BCUT2D eigenvalue weighted by Crippen LogP contribution is 2.29. The number of amides is 1. The molecule has 2 aromatic heterocycles. The molecule has 2 heterocycles. The Morgan fingerprint density at radius 1 is 0.667 bits per heavy atom. The van der Waals surface area contributed by atoms with Gasteiger partial charge in [0.2, 0.25) is 0 Å². The van der Waals surface area contributed by atoms with Crippen LogP contribution in [-0.4, -0.2) is 37.1 Å². The molecular formula is C39H35N3O3. The van der Waals surface area contributed by atoms with Gasteiger partial charge in [-0.1, -0.05) is 78.4 Å². The SMILES string of the molecule is Cc1cccc(CN(C(=O)c2ccccc2-n2cccc2)C2Cc3ccccc3C2)c1.O=C(O)c1ccccc1-n1cccc1. The van der Waals surface area contributed by atoms with Crippen LogP contribution in [0.4, 0.5) is 0 Å². The molecule has 0 saturated carbocycles. The van der Waals surface area contributed by atoms with E-state index in [2.05, 4.69) is 60.4 Å². The summed E-state index contributed by atoms with van der Waals surface area (Å²) in [7, 11) is 0. The minimum absolute atomic E-state index is 0.0867. The van der Waals surface area contributed by atoms with Crippen molar-refractivity contribution in [2.75, 3.05) is 0 Å². The molecule has 45 heavy (non-hydrogen) atoms. The van der Waals surface area contributed by atoms with Crippen molar-refractivity contribution in [2.45, 2.75) is 32.4 Å². The van der Waals surface area contributed by atoms with Crippen molar-refractivity contribution < 1.29 is 14.7 Å². The Morgan fingerprint density at radius 2 is 1.18 bits per heavy atom. The number of aromatic carboxylic acids is 1. The average Bonchev–Trinajstić information content (AvgIpc) is 3.86. The number of fused-ring (bicyclic) bond motifs is 1. The number of nitrogens with zero attached hydrogens (tertiary/aromatic N) is 3. The van der Waals surface area contributed by atoms with Crippen LogP contribution in [-0.2, 0) is 19.4 Å². The van der Waals surface area contributed by atoms with Gasteiger partial charge in [-0.3, -0.25) is 4.79 Å². The second-order valence-electron chi connectivity index (χ2n) is 11.3. The van der Waals surface area contributed by atoms with E-state index in [0.29, 0.717) is 17.8 Å². The van der Waals surface area contributed by atoms with Crippen molar-refractivity contribution in [3.05, 3.63) is 179 Å². The summed E-state index contributed by atoms with van der Waals surface area (Å²) in [4.78, 5) is 27.0. The van der Waals surface area contributed by atoms with Crippen molar-refractivity contribution in [1.29, 1.82) is 0 Å². The Morgan fingerprint density at radius 3 is 1.73 bits per heavy atom. The van der Waals surface area contributed by atoms with Crippen LogP contribution in [0.5, 0.6) is 0 Å². The fourth-order valence-electron chi connectivity index (χ4n) is 6.03. The summed E-state index contributed by atoms with van der Waals surface area (Å²) in [6.45, 7) is 2.71. The van der Waals surface area contributed by atoms with Gasteiger partial charge < -0.3 is 19.1 Å². The van der Waals surface area contributed by atoms with Crippen LogP contribution < -0.4 is 0 Å². The van der Waals surface area contributed by atoms with Gasteiger partial charge in [0.1, 0.15) is 0 Å².